The normalized spacial score (nSPS) is 12.0. The summed E-state index contributed by atoms with van der Waals surface area (Å²) in [6.45, 7) is 5.60. The van der Waals surface area contributed by atoms with E-state index in [1.807, 2.05) is 0 Å². The van der Waals surface area contributed by atoms with Gasteiger partial charge in [0.1, 0.15) is 27.4 Å². The molecule has 0 aliphatic rings. The van der Waals surface area contributed by atoms with Gasteiger partial charge < -0.3 is 14.1 Å². The van der Waals surface area contributed by atoms with E-state index < -0.39 is 16.0 Å². The summed E-state index contributed by atoms with van der Waals surface area (Å²) >= 11 is 0.962. The van der Waals surface area contributed by atoms with Gasteiger partial charge in [0.25, 0.3) is 0 Å². The summed E-state index contributed by atoms with van der Waals surface area (Å²) in [4.78, 5) is 15.4. The number of esters is 1. The maximum atomic E-state index is 13.8. The fraction of sp³-hybridized carbons (Fsp3) is 0.286. The number of rotatable bonds is 8. The summed E-state index contributed by atoms with van der Waals surface area (Å²) in [6, 6.07) is 8.31. The number of fused-ring (bicyclic) bond motifs is 1. The highest BCUT2D eigenvalue weighted by atomic mass is 32.2. The lowest BCUT2D eigenvalue weighted by Gasteiger charge is -2.22. The number of ether oxygens (including phenoxy) is 1. The first-order valence-corrected chi connectivity index (χ1v) is 12.1. The van der Waals surface area contributed by atoms with Crippen LogP contribution in [0.5, 0.6) is 0 Å². The number of aryl methyl sites for hydroxylation is 1. The minimum absolute atomic E-state index is 0.0160. The van der Waals surface area contributed by atoms with Crippen molar-refractivity contribution in [3.05, 3.63) is 64.9 Å². The van der Waals surface area contributed by atoms with Gasteiger partial charge in [-0.05, 0) is 56.2 Å². The summed E-state index contributed by atoms with van der Waals surface area (Å²) in [5, 5.41) is 0. The number of carbonyl (C=O) groups is 1. The van der Waals surface area contributed by atoms with Crippen molar-refractivity contribution in [3.8, 4) is 0 Å². The van der Waals surface area contributed by atoms with Crippen molar-refractivity contribution in [2.75, 3.05) is 6.61 Å². The molecule has 0 spiro atoms. The van der Waals surface area contributed by atoms with E-state index in [0.29, 0.717) is 39.3 Å². The number of nitrogens with zero attached hydrogens (tertiary/aromatic N) is 3. The lowest BCUT2D eigenvalue weighted by Crippen LogP contribution is -2.30. The average Bonchev–Trinajstić information content (AvgIpc) is 3.50. The third-order valence-corrected chi connectivity index (χ3v) is 7.55. The first kappa shape index (κ1) is 22.2. The first-order valence-electron chi connectivity index (χ1n) is 9.92. The van der Waals surface area contributed by atoms with Gasteiger partial charge in [-0.3, -0.25) is 0 Å². The fourth-order valence-corrected chi connectivity index (χ4v) is 5.67. The standard InChI is InChI=1S/C21H22N4O5S2/c1-4-29-21(26)19-13(2)16(14(3)22-19)12-25(11-15-7-6-10-30-15)32(27,28)18-9-5-8-17-20(18)24-31-23-17/h5-10,22H,4,11-12H2,1-3H3. The zero-order chi connectivity index (χ0) is 22.9. The Morgan fingerprint density at radius 1 is 1.19 bits per heavy atom. The van der Waals surface area contributed by atoms with Gasteiger partial charge in [0.2, 0.25) is 10.0 Å². The molecular formula is C21H22N4O5S2. The van der Waals surface area contributed by atoms with Gasteiger partial charge in [0.15, 0.2) is 0 Å². The first-order chi connectivity index (χ1) is 15.3. The number of H-pyrrole nitrogens is 1. The predicted molar refractivity (Wildman–Crippen MR) is 119 cm³/mol. The Morgan fingerprint density at radius 2 is 2.00 bits per heavy atom. The zero-order valence-corrected chi connectivity index (χ0v) is 19.4. The molecule has 0 aliphatic carbocycles. The predicted octanol–water partition coefficient (Wildman–Crippen LogP) is 3.80. The van der Waals surface area contributed by atoms with Crippen molar-refractivity contribution in [3.63, 3.8) is 0 Å². The van der Waals surface area contributed by atoms with Crippen molar-refractivity contribution in [1.82, 2.24) is 18.0 Å². The molecule has 11 heteroatoms. The molecule has 0 amide bonds. The Kier molecular flexibility index (Phi) is 6.13. The highest BCUT2D eigenvalue weighted by Gasteiger charge is 2.31. The molecule has 0 fully saturated rings. The van der Waals surface area contributed by atoms with Crippen molar-refractivity contribution in [2.45, 2.75) is 38.8 Å². The minimum Gasteiger partial charge on any atom is -0.468 e. The molecule has 0 atom stereocenters. The fourth-order valence-electron chi connectivity index (χ4n) is 3.54. The summed E-state index contributed by atoms with van der Waals surface area (Å²) < 4.78 is 47.7. The van der Waals surface area contributed by atoms with Crippen LogP contribution in [-0.4, -0.2) is 39.0 Å². The van der Waals surface area contributed by atoms with E-state index in [0.717, 1.165) is 11.7 Å². The van der Waals surface area contributed by atoms with Crippen LogP contribution in [0.25, 0.3) is 11.0 Å². The van der Waals surface area contributed by atoms with Crippen molar-refractivity contribution in [2.24, 2.45) is 0 Å². The number of sulfonamides is 1. The second kappa shape index (κ2) is 8.85. The molecule has 168 valence electrons. The summed E-state index contributed by atoms with van der Waals surface area (Å²) in [7, 11) is -3.98. The Morgan fingerprint density at radius 3 is 2.72 bits per heavy atom. The van der Waals surface area contributed by atoms with Crippen LogP contribution in [0.1, 0.15) is 40.0 Å². The molecule has 3 aromatic heterocycles. The summed E-state index contributed by atoms with van der Waals surface area (Å²) in [6.07, 6.45) is 1.50. The maximum absolute atomic E-state index is 13.8. The van der Waals surface area contributed by atoms with Crippen LogP contribution in [-0.2, 0) is 27.8 Å². The number of nitrogens with one attached hydrogen (secondary N) is 1. The topological polar surface area (TPSA) is 118 Å². The van der Waals surface area contributed by atoms with E-state index in [2.05, 4.69) is 13.7 Å². The Bertz CT molecular complexity index is 1360. The van der Waals surface area contributed by atoms with Gasteiger partial charge in [0.05, 0.1) is 31.1 Å². The third-order valence-electron chi connectivity index (χ3n) is 5.19. The van der Waals surface area contributed by atoms with Gasteiger partial charge in [-0.1, -0.05) is 6.07 Å². The summed E-state index contributed by atoms with van der Waals surface area (Å²) in [5.74, 6) is 0.0201. The van der Waals surface area contributed by atoms with Crippen LogP contribution in [0.3, 0.4) is 0 Å². The monoisotopic (exact) mass is 474 g/mol. The SMILES string of the molecule is CCOC(=O)c1[nH]c(C)c(CN(Cc2ccco2)S(=O)(=O)c2cccc3nsnc23)c1C. The number of benzene rings is 1. The second-order valence-corrected chi connectivity index (χ2v) is 9.62. The van der Waals surface area contributed by atoms with Gasteiger partial charge in [0, 0.05) is 12.2 Å². The minimum atomic E-state index is -3.98. The Balaban J connectivity index is 1.77. The molecule has 32 heavy (non-hydrogen) atoms. The van der Waals surface area contributed by atoms with E-state index in [9.17, 15) is 13.2 Å². The quantitative estimate of drug-likeness (QED) is 0.386. The van der Waals surface area contributed by atoms with Gasteiger partial charge >= 0.3 is 5.97 Å². The number of furan rings is 1. The van der Waals surface area contributed by atoms with E-state index in [1.54, 1.807) is 45.0 Å². The van der Waals surface area contributed by atoms with Crippen LogP contribution in [0.4, 0.5) is 0 Å². The molecule has 1 aromatic carbocycles. The van der Waals surface area contributed by atoms with Gasteiger partial charge in [-0.15, -0.1) is 0 Å². The van der Waals surface area contributed by atoms with Crippen LogP contribution < -0.4 is 0 Å². The smallest absolute Gasteiger partial charge is 0.355 e. The molecule has 1 N–H and O–H groups in total. The molecule has 9 nitrogen and oxygen atoms in total. The van der Waals surface area contributed by atoms with Crippen molar-refractivity contribution in [1.29, 1.82) is 0 Å². The second-order valence-electron chi connectivity index (χ2n) is 7.19. The summed E-state index contributed by atoms with van der Waals surface area (Å²) in [5.41, 5.74) is 3.21. The highest BCUT2D eigenvalue weighted by Crippen LogP contribution is 2.29. The lowest BCUT2D eigenvalue weighted by atomic mass is 10.1. The van der Waals surface area contributed by atoms with Gasteiger partial charge in [-0.2, -0.15) is 13.1 Å². The van der Waals surface area contributed by atoms with Crippen LogP contribution in [0.2, 0.25) is 0 Å². The molecule has 0 radical (unpaired) electrons. The Hall–Kier alpha value is -3.02. The number of carbonyl (C=O) groups excluding carboxylic acids is 1. The van der Waals surface area contributed by atoms with E-state index in [-0.39, 0.29) is 24.6 Å². The molecule has 0 saturated heterocycles. The number of aromatic nitrogens is 3. The number of hydrogen-bond donors (Lipinski definition) is 1. The third kappa shape index (κ3) is 4.06. The van der Waals surface area contributed by atoms with Crippen molar-refractivity contribution < 1.29 is 22.4 Å². The van der Waals surface area contributed by atoms with Crippen LogP contribution in [0, 0.1) is 13.8 Å². The average molecular weight is 475 g/mol. The molecule has 0 unspecified atom stereocenters. The van der Waals surface area contributed by atoms with Gasteiger partial charge in [-0.25, -0.2) is 13.2 Å². The molecule has 0 aliphatic heterocycles. The van der Waals surface area contributed by atoms with Crippen LogP contribution in [0.15, 0.2) is 45.9 Å². The van der Waals surface area contributed by atoms with E-state index in [4.69, 9.17) is 9.15 Å². The molecule has 3 heterocycles. The zero-order valence-electron chi connectivity index (χ0n) is 17.8. The van der Waals surface area contributed by atoms with Crippen molar-refractivity contribution >= 4 is 38.8 Å². The highest BCUT2D eigenvalue weighted by molar-refractivity contribution is 7.89. The maximum Gasteiger partial charge on any atom is 0.355 e. The molecular weight excluding hydrogens is 452 g/mol. The lowest BCUT2D eigenvalue weighted by molar-refractivity contribution is 0.0519. The van der Waals surface area contributed by atoms with E-state index >= 15 is 0 Å². The molecule has 4 aromatic rings. The largest absolute Gasteiger partial charge is 0.468 e. The molecule has 4 rings (SSSR count). The number of aromatic amines is 1. The Labute approximate surface area is 189 Å². The van der Waals surface area contributed by atoms with E-state index in [1.165, 1.54) is 16.6 Å². The molecule has 0 bridgehead atoms. The number of hydrogen-bond acceptors (Lipinski definition) is 8. The molecule has 0 saturated carbocycles. The van der Waals surface area contributed by atoms with Crippen LogP contribution >= 0.6 is 11.7 Å².